The van der Waals surface area contributed by atoms with Gasteiger partial charge in [-0.1, -0.05) is 5.16 Å². The third kappa shape index (κ3) is 2.12. The second kappa shape index (κ2) is 4.57. The molecule has 0 saturated carbocycles. The maximum atomic E-state index is 5.89. The molecule has 1 saturated heterocycles. The summed E-state index contributed by atoms with van der Waals surface area (Å²) < 4.78 is 15.3. The minimum absolute atomic E-state index is 0.425. The van der Waals surface area contributed by atoms with Crippen LogP contribution in [-0.2, 0) is 10.3 Å². The summed E-state index contributed by atoms with van der Waals surface area (Å²) in [6.07, 6.45) is 3.10. The van der Waals surface area contributed by atoms with Crippen LogP contribution in [0.25, 0.3) is 11.5 Å². The van der Waals surface area contributed by atoms with Gasteiger partial charge in [-0.25, -0.2) is 0 Å². The highest BCUT2D eigenvalue weighted by Crippen LogP contribution is 2.36. The number of anilines is 1. The molecule has 0 amide bonds. The first kappa shape index (κ1) is 12.6. The molecule has 1 aliphatic heterocycles. The Morgan fingerprint density at radius 2 is 2.21 bits per heavy atom. The minimum Gasteiger partial charge on any atom is -0.389 e. The van der Waals surface area contributed by atoms with Crippen LogP contribution in [0.5, 0.6) is 0 Å². The predicted octanol–water partition coefficient (Wildman–Crippen LogP) is 2.50. The van der Waals surface area contributed by atoms with E-state index in [-0.39, 0.29) is 0 Å². The van der Waals surface area contributed by atoms with E-state index in [2.05, 4.69) is 14.5 Å². The topological polar surface area (TPSA) is 87.1 Å². The smallest absolute Gasteiger partial charge is 0.262 e. The first-order valence-electron chi connectivity index (χ1n) is 6.30. The van der Waals surface area contributed by atoms with Gasteiger partial charge < -0.3 is 15.0 Å². The number of nitrogen functional groups attached to an aromatic ring is 1. The van der Waals surface area contributed by atoms with Gasteiger partial charge in [-0.15, -0.1) is 0 Å². The Hall–Kier alpha value is -1.47. The Balaban J connectivity index is 1.95. The molecule has 0 radical (unpaired) electrons. The summed E-state index contributed by atoms with van der Waals surface area (Å²) in [5.41, 5.74) is 6.99. The van der Waals surface area contributed by atoms with Gasteiger partial charge in [0.2, 0.25) is 5.82 Å². The van der Waals surface area contributed by atoms with E-state index in [4.69, 9.17) is 15.0 Å². The Morgan fingerprint density at radius 3 is 2.84 bits per heavy atom. The van der Waals surface area contributed by atoms with Crippen molar-refractivity contribution >= 4 is 16.5 Å². The van der Waals surface area contributed by atoms with E-state index < -0.39 is 5.60 Å². The van der Waals surface area contributed by atoms with Gasteiger partial charge in [0.05, 0.1) is 11.3 Å². The van der Waals surface area contributed by atoms with E-state index in [1.165, 1.54) is 11.5 Å². The highest BCUT2D eigenvalue weighted by molar-refractivity contribution is 7.10. The molecule has 1 unspecified atom stereocenters. The number of hydrogen-bond acceptors (Lipinski definition) is 7. The molecule has 1 fully saturated rings. The summed E-state index contributed by atoms with van der Waals surface area (Å²) in [5, 5.41) is 4.66. The molecular weight excluding hydrogens is 264 g/mol. The SMILES string of the molecule is Cc1nsc(N)c1-c1nc(C2(C)CCCCO2)no1. The molecule has 6 nitrogen and oxygen atoms in total. The Labute approximate surface area is 115 Å². The highest BCUT2D eigenvalue weighted by atomic mass is 32.1. The lowest BCUT2D eigenvalue weighted by atomic mass is 9.95. The highest BCUT2D eigenvalue weighted by Gasteiger charge is 2.35. The molecule has 0 aliphatic carbocycles. The third-order valence-corrected chi connectivity index (χ3v) is 4.24. The van der Waals surface area contributed by atoms with Crippen molar-refractivity contribution in [3.8, 4) is 11.5 Å². The van der Waals surface area contributed by atoms with Crippen molar-refractivity contribution in [2.24, 2.45) is 0 Å². The summed E-state index contributed by atoms with van der Waals surface area (Å²) in [6.45, 7) is 4.62. The lowest BCUT2D eigenvalue weighted by Crippen LogP contribution is -2.31. The molecule has 3 rings (SSSR count). The monoisotopic (exact) mass is 280 g/mol. The van der Waals surface area contributed by atoms with Gasteiger partial charge >= 0.3 is 0 Å². The lowest BCUT2D eigenvalue weighted by Gasteiger charge is -2.30. The van der Waals surface area contributed by atoms with E-state index in [0.717, 1.165) is 37.1 Å². The molecule has 19 heavy (non-hydrogen) atoms. The van der Waals surface area contributed by atoms with Gasteiger partial charge in [-0.05, 0) is 44.6 Å². The quantitative estimate of drug-likeness (QED) is 0.909. The lowest BCUT2D eigenvalue weighted by molar-refractivity contribution is -0.0770. The Kier molecular flexibility index (Phi) is 3.02. The van der Waals surface area contributed by atoms with Crippen molar-refractivity contribution in [3.63, 3.8) is 0 Å². The Morgan fingerprint density at radius 1 is 1.37 bits per heavy atom. The fourth-order valence-electron chi connectivity index (χ4n) is 2.30. The molecule has 3 heterocycles. The summed E-state index contributed by atoms with van der Waals surface area (Å²) in [5.74, 6) is 1.02. The fraction of sp³-hybridized carbons (Fsp3) is 0.583. The van der Waals surface area contributed by atoms with Crippen molar-refractivity contribution in [2.75, 3.05) is 12.3 Å². The second-order valence-corrected chi connectivity index (χ2v) is 5.77. The third-order valence-electron chi connectivity index (χ3n) is 3.47. The zero-order valence-corrected chi connectivity index (χ0v) is 11.8. The average molecular weight is 280 g/mol. The number of aromatic nitrogens is 3. The van der Waals surface area contributed by atoms with E-state index >= 15 is 0 Å². The molecule has 2 N–H and O–H groups in total. The molecule has 1 aliphatic rings. The van der Waals surface area contributed by atoms with Gasteiger partial charge in [-0.3, -0.25) is 0 Å². The van der Waals surface area contributed by atoms with Crippen LogP contribution in [0.1, 0.15) is 37.7 Å². The van der Waals surface area contributed by atoms with Crippen LogP contribution >= 0.6 is 11.5 Å². The van der Waals surface area contributed by atoms with Crippen LogP contribution in [0, 0.1) is 6.92 Å². The number of rotatable bonds is 2. The van der Waals surface area contributed by atoms with Gasteiger partial charge in [0.25, 0.3) is 5.89 Å². The van der Waals surface area contributed by atoms with Crippen LogP contribution in [-0.4, -0.2) is 21.1 Å². The summed E-state index contributed by atoms with van der Waals surface area (Å²) in [6, 6.07) is 0. The van der Waals surface area contributed by atoms with Gasteiger partial charge in [0, 0.05) is 6.61 Å². The molecule has 0 aromatic carbocycles. The van der Waals surface area contributed by atoms with Gasteiger partial charge in [-0.2, -0.15) is 9.36 Å². The molecule has 2 aromatic heterocycles. The molecule has 7 heteroatoms. The minimum atomic E-state index is -0.452. The fourth-order valence-corrected chi connectivity index (χ4v) is 2.95. The molecule has 2 aromatic rings. The van der Waals surface area contributed by atoms with Crippen LogP contribution in [0.3, 0.4) is 0 Å². The van der Waals surface area contributed by atoms with Crippen molar-refractivity contribution in [3.05, 3.63) is 11.5 Å². The first-order chi connectivity index (χ1) is 9.10. The number of aryl methyl sites for hydroxylation is 1. The summed E-state index contributed by atoms with van der Waals surface area (Å²) >= 11 is 1.24. The zero-order chi connectivity index (χ0) is 13.5. The maximum Gasteiger partial charge on any atom is 0.262 e. The largest absolute Gasteiger partial charge is 0.389 e. The van der Waals surface area contributed by atoms with Crippen molar-refractivity contribution in [2.45, 2.75) is 38.7 Å². The van der Waals surface area contributed by atoms with Crippen molar-refractivity contribution in [1.29, 1.82) is 0 Å². The van der Waals surface area contributed by atoms with Crippen molar-refractivity contribution in [1.82, 2.24) is 14.5 Å². The van der Waals surface area contributed by atoms with Gasteiger partial charge in [0.15, 0.2) is 0 Å². The molecule has 0 spiro atoms. The normalized spacial score (nSPS) is 23.7. The second-order valence-electron chi connectivity index (χ2n) is 4.97. The van der Waals surface area contributed by atoms with Crippen LogP contribution in [0.15, 0.2) is 4.52 Å². The van der Waals surface area contributed by atoms with Crippen molar-refractivity contribution < 1.29 is 9.26 Å². The number of ether oxygens (including phenoxy) is 1. The van der Waals surface area contributed by atoms with E-state index in [0.29, 0.717) is 16.7 Å². The first-order valence-corrected chi connectivity index (χ1v) is 7.08. The maximum absolute atomic E-state index is 5.89. The average Bonchev–Trinajstić information content (AvgIpc) is 2.98. The molecule has 102 valence electrons. The number of nitrogens with zero attached hydrogens (tertiary/aromatic N) is 3. The Bertz CT molecular complexity index is 567. The van der Waals surface area contributed by atoms with Gasteiger partial charge in [0.1, 0.15) is 10.6 Å². The molecular formula is C12H16N4O2S. The van der Waals surface area contributed by atoms with E-state index in [9.17, 15) is 0 Å². The predicted molar refractivity (Wildman–Crippen MR) is 71.7 cm³/mol. The number of nitrogens with two attached hydrogens (primary N) is 1. The van der Waals surface area contributed by atoms with E-state index in [1.54, 1.807) is 0 Å². The van der Waals surface area contributed by atoms with Crippen LogP contribution in [0.2, 0.25) is 0 Å². The zero-order valence-electron chi connectivity index (χ0n) is 11.0. The number of hydrogen-bond donors (Lipinski definition) is 1. The standard InChI is InChI=1S/C12H16N4O2S/c1-7-8(9(13)19-16-7)10-14-11(15-18-10)12(2)5-3-4-6-17-12/h3-6,13H2,1-2H3. The summed E-state index contributed by atoms with van der Waals surface area (Å²) in [4.78, 5) is 4.45. The molecule has 0 bridgehead atoms. The molecule has 1 atom stereocenters. The summed E-state index contributed by atoms with van der Waals surface area (Å²) in [7, 11) is 0. The van der Waals surface area contributed by atoms with E-state index in [1.807, 2.05) is 13.8 Å². The van der Waals surface area contributed by atoms with Crippen LogP contribution < -0.4 is 5.73 Å². The van der Waals surface area contributed by atoms with Crippen LogP contribution in [0.4, 0.5) is 5.00 Å².